The van der Waals surface area contributed by atoms with Crippen molar-refractivity contribution in [3.63, 3.8) is 0 Å². The number of nitrogens with two attached hydrogens (primary N) is 1. The molecule has 1 aliphatic carbocycles. The molecule has 0 aromatic rings. The van der Waals surface area contributed by atoms with Gasteiger partial charge in [-0.25, -0.2) is 0 Å². The van der Waals surface area contributed by atoms with Crippen molar-refractivity contribution in [1.82, 2.24) is 10.3 Å². The smallest absolute Gasteiger partial charge is 0.0417 e. The monoisotopic (exact) mass is 295 g/mol. The van der Waals surface area contributed by atoms with Crippen LogP contribution in [0.25, 0.3) is 0 Å². The second-order valence-corrected chi connectivity index (χ2v) is 8.23. The minimum Gasteiger partial charge on any atom is -0.297 e. The highest BCUT2D eigenvalue weighted by Gasteiger charge is 2.41. The van der Waals surface area contributed by atoms with Crippen molar-refractivity contribution in [1.29, 1.82) is 0 Å². The number of nitrogens with zero attached hydrogens (tertiary/aromatic N) is 1. The number of rotatable bonds is 4. The summed E-state index contributed by atoms with van der Waals surface area (Å²) in [5.74, 6) is 8.47. The Morgan fingerprint density at radius 1 is 1.00 bits per heavy atom. The zero-order chi connectivity index (χ0) is 15.5. The summed E-state index contributed by atoms with van der Waals surface area (Å²) in [7, 11) is 0. The first-order valence-electron chi connectivity index (χ1n) is 9.18. The summed E-state index contributed by atoms with van der Waals surface area (Å²) in [6, 6.07) is 0.408. The average molecular weight is 296 g/mol. The van der Waals surface area contributed by atoms with Crippen molar-refractivity contribution in [3.8, 4) is 0 Å². The van der Waals surface area contributed by atoms with Crippen LogP contribution in [-0.4, -0.2) is 29.6 Å². The van der Waals surface area contributed by atoms with Gasteiger partial charge in [0.05, 0.1) is 0 Å². The van der Waals surface area contributed by atoms with E-state index in [4.69, 9.17) is 5.84 Å². The zero-order valence-electron chi connectivity index (χ0n) is 14.7. The van der Waals surface area contributed by atoms with Gasteiger partial charge in [-0.3, -0.25) is 16.2 Å². The normalized spacial score (nSPS) is 34.4. The first kappa shape index (κ1) is 17.2. The lowest BCUT2D eigenvalue weighted by Crippen LogP contribution is -2.63. The van der Waals surface area contributed by atoms with Crippen LogP contribution in [0.5, 0.6) is 0 Å². The Kier molecular flexibility index (Phi) is 6.10. The molecule has 0 radical (unpaired) electrons. The minimum absolute atomic E-state index is 0.157. The van der Waals surface area contributed by atoms with Crippen LogP contribution < -0.4 is 11.3 Å². The van der Waals surface area contributed by atoms with E-state index in [0.717, 1.165) is 17.8 Å². The number of nitrogens with one attached hydrogen (secondary N) is 1. The van der Waals surface area contributed by atoms with E-state index in [1.165, 1.54) is 58.0 Å². The van der Waals surface area contributed by atoms with Crippen LogP contribution in [0, 0.1) is 17.8 Å². The topological polar surface area (TPSA) is 41.3 Å². The van der Waals surface area contributed by atoms with E-state index < -0.39 is 0 Å². The summed E-state index contributed by atoms with van der Waals surface area (Å²) in [5, 5.41) is 0. The zero-order valence-corrected chi connectivity index (χ0v) is 14.7. The molecule has 3 heteroatoms. The van der Waals surface area contributed by atoms with Gasteiger partial charge in [0.15, 0.2) is 0 Å². The maximum absolute atomic E-state index is 6.04. The summed E-state index contributed by atoms with van der Waals surface area (Å²) < 4.78 is 0. The molecule has 1 aliphatic heterocycles. The molecule has 124 valence electrons. The standard InChI is InChI=1S/C18H37N3/c1-14-9-10-16(13-15(14)2)17(20-19)18(3,4)21-11-7-5-6-8-12-21/h14-17,20H,5-13,19H2,1-4H3. The molecule has 0 spiro atoms. The van der Waals surface area contributed by atoms with Crippen LogP contribution in [0.4, 0.5) is 0 Å². The van der Waals surface area contributed by atoms with E-state index in [9.17, 15) is 0 Å². The molecule has 0 aromatic carbocycles. The molecule has 4 unspecified atom stereocenters. The third-order valence-corrected chi connectivity index (χ3v) is 6.47. The van der Waals surface area contributed by atoms with Crippen LogP contribution in [0.2, 0.25) is 0 Å². The van der Waals surface area contributed by atoms with Crippen LogP contribution in [-0.2, 0) is 0 Å². The Balaban J connectivity index is 2.07. The molecule has 0 bridgehead atoms. The Hall–Kier alpha value is -0.120. The van der Waals surface area contributed by atoms with Gasteiger partial charge < -0.3 is 0 Å². The van der Waals surface area contributed by atoms with Gasteiger partial charge in [-0.05, 0) is 70.4 Å². The summed E-state index contributed by atoms with van der Waals surface area (Å²) in [6.45, 7) is 12.1. The first-order valence-corrected chi connectivity index (χ1v) is 9.18. The van der Waals surface area contributed by atoms with Gasteiger partial charge >= 0.3 is 0 Å². The lowest BCUT2D eigenvalue weighted by atomic mass is 9.69. The molecule has 3 N–H and O–H groups in total. The van der Waals surface area contributed by atoms with Crippen LogP contribution in [0.1, 0.15) is 72.6 Å². The van der Waals surface area contributed by atoms with E-state index in [1.807, 2.05) is 0 Å². The molecule has 4 atom stereocenters. The fourth-order valence-electron chi connectivity index (χ4n) is 4.65. The fourth-order valence-corrected chi connectivity index (χ4v) is 4.65. The molecule has 2 fully saturated rings. The largest absolute Gasteiger partial charge is 0.297 e. The molecule has 3 nitrogen and oxygen atoms in total. The molecular formula is C18H37N3. The molecule has 21 heavy (non-hydrogen) atoms. The van der Waals surface area contributed by atoms with Crippen molar-refractivity contribution in [2.24, 2.45) is 23.6 Å². The van der Waals surface area contributed by atoms with Crippen molar-refractivity contribution in [3.05, 3.63) is 0 Å². The van der Waals surface area contributed by atoms with E-state index >= 15 is 0 Å². The van der Waals surface area contributed by atoms with Gasteiger partial charge in [0.2, 0.25) is 0 Å². The Bertz CT molecular complexity index is 308. The quantitative estimate of drug-likeness (QED) is 0.615. The molecule has 2 aliphatic rings. The van der Waals surface area contributed by atoms with Gasteiger partial charge in [-0.15, -0.1) is 0 Å². The fraction of sp³-hybridized carbons (Fsp3) is 1.00. The van der Waals surface area contributed by atoms with Crippen molar-refractivity contribution in [2.45, 2.75) is 84.2 Å². The van der Waals surface area contributed by atoms with Gasteiger partial charge in [-0.1, -0.05) is 33.1 Å². The predicted octanol–water partition coefficient (Wildman–Crippen LogP) is 3.55. The number of likely N-dealkylation sites (tertiary alicyclic amines) is 1. The Morgan fingerprint density at radius 2 is 1.62 bits per heavy atom. The van der Waals surface area contributed by atoms with Crippen LogP contribution >= 0.6 is 0 Å². The Morgan fingerprint density at radius 3 is 2.14 bits per heavy atom. The first-order chi connectivity index (χ1) is 9.96. The molecule has 0 amide bonds. The second-order valence-electron chi connectivity index (χ2n) is 8.23. The van der Waals surface area contributed by atoms with E-state index in [1.54, 1.807) is 0 Å². The summed E-state index contributed by atoms with van der Waals surface area (Å²) in [4.78, 5) is 2.70. The van der Waals surface area contributed by atoms with Gasteiger partial charge in [0.1, 0.15) is 0 Å². The number of hydrogen-bond donors (Lipinski definition) is 2. The molecule has 1 saturated carbocycles. The second kappa shape index (κ2) is 7.43. The molecule has 2 rings (SSSR count). The SMILES string of the molecule is CC1CCC(C(NN)C(C)(C)N2CCCCCC2)CC1C. The van der Waals surface area contributed by atoms with Crippen LogP contribution in [0.15, 0.2) is 0 Å². The highest BCUT2D eigenvalue weighted by molar-refractivity contribution is 4.98. The van der Waals surface area contributed by atoms with Gasteiger partial charge in [0, 0.05) is 11.6 Å². The maximum atomic E-state index is 6.04. The number of hydrazine groups is 1. The highest BCUT2D eigenvalue weighted by atomic mass is 15.3. The number of hydrogen-bond acceptors (Lipinski definition) is 3. The third-order valence-electron chi connectivity index (χ3n) is 6.47. The van der Waals surface area contributed by atoms with E-state index in [2.05, 4.69) is 38.0 Å². The van der Waals surface area contributed by atoms with Crippen molar-refractivity contribution < 1.29 is 0 Å². The van der Waals surface area contributed by atoms with Crippen molar-refractivity contribution >= 4 is 0 Å². The Labute approximate surface area is 132 Å². The predicted molar refractivity (Wildman–Crippen MR) is 90.9 cm³/mol. The molecule has 0 aromatic heterocycles. The summed E-state index contributed by atoms with van der Waals surface area (Å²) in [6.07, 6.45) is 9.50. The molecule has 1 heterocycles. The van der Waals surface area contributed by atoms with Gasteiger partial charge in [0.25, 0.3) is 0 Å². The lowest BCUT2D eigenvalue weighted by molar-refractivity contribution is 0.0360. The van der Waals surface area contributed by atoms with E-state index in [-0.39, 0.29) is 5.54 Å². The van der Waals surface area contributed by atoms with Crippen LogP contribution in [0.3, 0.4) is 0 Å². The van der Waals surface area contributed by atoms with Crippen molar-refractivity contribution in [2.75, 3.05) is 13.1 Å². The lowest BCUT2D eigenvalue weighted by Gasteiger charge is -2.48. The third kappa shape index (κ3) is 4.00. The minimum atomic E-state index is 0.157. The maximum Gasteiger partial charge on any atom is 0.0417 e. The molecular weight excluding hydrogens is 258 g/mol. The van der Waals surface area contributed by atoms with E-state index in [0.29, 0.717) is 6.04 Å². The summed E-state index contributed by atoms with van der Waals surface area (Å²) >= 11 is 0. The summed E-state index contributed by atoms with van der Waals surface area (Å²) in [5.41, 5.74) is 3.38. The molecule has 1 saturated heterocycles. The average Bonchev–Trinajstić information content (AvgIpc) is 2.73. The highest BCUT2D eigenvalue weighted by Crippen LogP contribution is 2.39. The van der Waals surface area contributed by atoms with Gasteiger partial charge in [-0.2, -0.15) is 0 Å².